The van der Waals surface area contributed by atoms with E-state index in [0.29, 0.717) is 25.9 Å². The first-order valence-corrected chi connectivity index (χ1v) is 7.20. The molecular formula is C15H20FN3O3. The lowest BCUT2D eigenvalue weighted by molar-refractivity contribution is -0.133. The van der Waals surface area contributed by atoms with Crippen molar-refractivity contribution in [2.75, 3.05) is 20.1 Å². The van der Waals surface area contributed by atoms with Crippen molar-refractivity contribution in [3.63, 3.8) is 0 Å². The number of amides is 2. The van der Waals surface area contributed by atoms with Crippen LogP contribution < -0.4 is 5.43 Å². The van der Waals surface area contributed by atoms with Crippen LogP contribution in [0.25, 0.3) is 0 Å². The average Bonchev–Trinajstić information content (AvgIpc) is 2.50. The van der Waals surface area contributed by atoms with Gasteiger partial charge in [-0.3, -0.25) is 9.80 Å². The van der Waals surface area contributed by atoms with Gasteiger partial charge in [0.1, 0.15) is 5.82 Å². The number of nitrogens with one attached hydrogen (secondary N) is 1. The molecule has 0 atom stereocenters. The minimum Gasteiger partial charge on any atom is -0.465 e. The number of piperidine rings is 1. The van der Waals surface area contributed by atoms with Crippen molar-refractivity contribution in [2.45, 2.75) is 25.3 Å². The Morgan fingerprint density at radius 3 is 2.45 bits per heavy atom. The molecule has 0 radical (unpaired) electrons. The lowest BCUT2D eigenvalue weighted by atomic mass is 10.1. The van der Waals surface area contributed by atoms with Gasteiger partial charge in [0.15, 0.2) is 0 Å². The molecule has 6 nitrogen and oxygen atoms in total. The molecule has 0 bridgehead atoms. The van der Waals surface area contributed by atoms with E-state index in [-0.39, 0.29) is 24.2 Å². The molecule has 1 heterocycles. The van der Waals surface area contributed by atoms with Gasteiger partial charge >= 0.3 is 6.09 Å². The molecule has 2 rings (SSSR count). The number of halogens is 1. The zero-order valence-corrected chi connectivity index (χ0v) is 12.5. The van der Waals surface area contributed by atoms with E-state index in [9.17, 15) is 14.0 Å². The van der Waals surface area contributed by atoms with Crippen LogP contribution in [-0.4, -0.2) is 53.2 Å². The predicted octanol–water partition coefficient (Wildman–Crippen LogP) is 1.47. The number of carbonyl (C=O) groups excluding carboxylic acids is 1. The number of likely N-dealkylation sites (N-methyl/N-ethyl adjacent to an activating group) is 1. The van der Waals surface area contributed by atoms with Gasteiger partial charge in [-0.1, -0.05) is 12.1 Å². The summed E-state index contributed by atoms with van der Waals surface area (Å²) in [5.41, 5.74) is 3.85. The number of nitrogens with zero attached hydrogens (tertiary/aromatic N) is 2. The van der Waals surface area contributed by atoms with E-state index < -0.39 is 6.09 Å². The smallest absolute Gasteiger partial charge is 0.407 e. The summed E-state index contributed by atoms with van der Waals surface area (Å²) in [6.07, 6.45) is 0.623. The van der Waals surface area contributed by atoms with Crippen molar-refractivity contribution >= 4 is 12.0 Å². The second-order valence-electron chi connectivity index (χ2n) is 5.43. The van der Waals surface area contributed by atoms with E-state index in [4.69, 9.17) is 5.11 Å². The summed E-state index contributed by atoms with van der Waals surface area (Å²) in [7, 11) is 1.65. The monoisotopic (exact) mass is 309 g/mol. The Morgan fingerprint density at radius 1 is 1.32 bits per heavy atom. The fraction of sp³-hybridized carbons (Fsp3) is 0.467. The summed E-state index contributed by atoms with van der Waals surface area (Å²) in [5, 5.41) is 10.3. The van der Waals surface area contributed by atoms with Gasteiger partial charge in [-0.2, -0.15) is 0 Å². The lowest BCUT2D eigenvalue weighted by Gasteiger charge is -2.33. The minimum atomic E-state index is -0.904. The van der Waals surface area contributed by atoms with Gasteiger partial charge in [0, 0.05) is 26.2 Å². The van der Waals surface area contributed by atoms with Crippen LogP contribution in [0.4, 0.5) is 9.18 Å². The van der Waals surface area contributed by atoms with Crippen LogP contribution in [0.2, 0.25) is 0 Å². The molecule has 1 aliphatic heterocycles. The van der Waals surface area contributed by atoms with E-state index in [1.54, 1.807) is 19.2 Å². The largest absolute Gasteiger partial charge is 0.465 e. The summed E-state index contributed by atoms with van der Waals surface area (Å²) in [4.78, 5) is 24.3. The van der Waals surface area contributed by atoms with Gasteiger partial charge in [-0.25, -0.2) is 14.6 Å². The van der Waals surface area contributed by atoms with Gasteiger partial charge in [0.2, 0.25) is 5.91 Å². The number of carboxylic acid groups (broad SMARTS) is 1. The Morgan fingerprint density at radius 2 is 1.91 bits per heavy atom. The standard InChI is InChI=1S/C15H20FN3O3/c1-18(14(20)10-11-2-4-12(16)5-3-11)17-13-6-8-19(9-7-13)15(21)22/h2-5,13,17H,6-10H2,1H3,(H,21,22). The van der Waals surface area contributed by atoms with Crippen LogP contribution in [-0.2, 0) is 11.2 Å². The first-order valence-electron chi connectivity index (χ1n) is 7.20. The molecule has 0 unspecified atom stereocenters. The maximum atomic E-state index is 12.8. The third-order valence-corrected chi connectivity index (χ3v) is 3.78. The Bertz CT molecular complexity index is 527. The van der Waals surface area contributed by atoms with Crippen LogP contribution >= 0.6 is 0 Å². The maximum Gasteiger partial charge on any atom is 0.407 e. The average molecular weight is 309 g/mol. The van der Waals surface area contributed by atoms with Crippen LogP contribution in [0.5, 0.6) is 0 Å². The molecule has 0 aromatic heterocycles. The Labute approximate surface area is 128 Å². The third-order valence-electron chi connectivity index (χ3n) is 3.78. The SMILES string of the molecule is CN(NC1CCN(C(=O)O)CC1)C(=O)Cc1ccc(F)cc1. The summed E-state index contributed by atoms with van der Waals surface area (Å²) >= 11 is 0. The molecule has 1 fully saturated rings. The molecule has 2 amide bonds. The molecule has 7 heteroatoms. The highest BCUT2D eigenvalue weighted by Crippen LogP contribution is 2.11. The van der Waals surface area contributed by atoms with Crippen molar-refractivity contribution < 1.29 is 19.1 Å². The maximum absolute atomic E-state index is 12.8. The predicted molar refractivity (Wildman–Crippen MR) is 78.6 cm³/mol. The molecule has 1 aromatic carbocycles. The van der Waals surface area contributed by atoms with Crippen molar-refractivity contribution in [2.24, 2.45) is 0 Å². The lowest BCUT2D eigenvalue weighted by Crippen LogP contribution is -2.51. The molecule has 1 aromatic rings. The van der Waals surface area contributed by atoms with E-state index in [1.807, 2.05) is 0 Å². The molecular weight excluding hydrogens is 289 g/mol. The first-order chi connectivity index (χ1) is 10.5. The number of likely N-dealkylation sites (tertiary alicyclic amines) is 1. The molecule has 120 valence electrons. The van der Waals surface area contributed by atoms with Crippen LogP contribution in [0.15, 0.2) is 24.3 Å². The van der Waals surface area contributed by atoms with Crippen LogP contribution in [0, 0.1) is 5.82 Å². The summed E-state index contributed by atoms with van der Waals surface area (Å²) in [6.45, 7) is 0.931. The summed E-state index contributed by atoms with van der Waals surface area (Å²) in [5.74, 6) is -0.444. The Balaban J connectivity index is 1.79. The van der Waals surface area contributed by atoms with Crippen molar-refractivity contribution in [3.05, 3.63) is 35.6 Å². The zero-order chi connectivity index (χ0) is 16.1. The third kappa shape index (κ3) is 4.42. The first kappa shape index (κ1) is 16.2. The van der Waals surface area contributed by atoms with E-state index >= 15 is 0 Å². The Hall–Kier alpha value is -2.15. The number of hydrogen-bond acceptors (Lipinski definition) is 3. The molecule has 2 N–H and O–H groups in total. The fourth-order valence-electron chi connectivity index (χ4n) is 2.44. The van der Waals surface area contributed by atoms with Gasteiger partial charge < -0.3 is 10.0 Å². The second-order valence-corrected chi connectivity index (χ2v) is 5.43. The second kappa shape index (κ2) is 7.22. The summed E-state index contributed by atoms with van der Waals surface area (Å²) < 4.78 is 12.8. The molecule has 1 saturated heterocycles. The molecule has 22 heavy (non-hydrogen) atoms. The van der Waals surface area contributed by atoms with E-state index in [2.05, 4.69) is 5.43 Å². The topological polar surface area (TPSA) is 72.9 Å². The van der Waals surface area contributed by atoms with Gasteiger partial charge in [0.25, 0.3) is 0 Å². The van der Waals surface area contributed by atoms with Crippen molar-refractivity contribution in [1.29, 1.82) is 0 Å². The van der Waals surface area contributed by atoms with Crippen LogP contribution in [0.1, 0.15) is 18.4 Å². The van der Waals surface area contributed by atoms with Crippen molar-refractivity contribution in [1.82, 2.24) is 15.3 Å². The number of carbonyl (C=O) groups is 2. The molecule has 0 saturated carbocycles. The highest BCUT2D eigenvalue weighted by Gasteiger charge is 2.23. The quantitative estimate of drug-likeness (QED) is 0.826. The highest BCUT2D eigenvalue weighted by atomic mass is 19.1. The van der Waals surface area contributed by atoms with Crippen LogP contribution in [0.3, 0.4) is 0 Å². The fourth-order valence-corrected chi connectivity index (χ4v) is 2.44. The molecule has 0 aliphatic carbocycles. The van der Waals surface area contributed by atoms with Gasteiger partial charge in [-0.15, -0.1) is 0 Å². The number of hydrazine groups is 1. The van der Waals surface area contributed by atoms with Gasteiger partial charge in [-0.05, 0) is 30.5 Å². The number of rotatable bonds is 4. The summed E-state index contributed by atoms with van der Waals surface area (Å²) in [6, 6.07) is 5.92. The normalized spacial score (nSPS) is 15.6. The number of hydrogen-bond donors (Lipinski definition) is 2. The van der Waals surface area contributed by atoms with E-state index in [1.165, 1.54) is 22.0 Å². The zero-order valence-electron chi connectivity index (χ0n) is 12.5. The van der Waals surface area contributed by atoms with Gasteiger partial charge in [0.05, 0.1) is 6.42 Å². The Kier molecular flexibility index (Phi) is 5.32. The minimum absolute atomic E-state index is 0.0813. The molecule has 1 aliphatic rings. The van der Waals surface area contributed by atoms with Crippen molar-refractivity contribution in [3.8, 4) is 0 Å². The highest BCUT2D eigenvalue weighted by molar-refractivity contribution is 5.78. The number of benzene rings is 1. The molecule has 0 spiro atoms. The van der Waals surface area contributed by atoms with E-state index in [0.717, 1.165) is 5.56 Å².